The molecule has 5 N–H and O–H groups in total. The Morgan fingerprint density at radius 3 is 1.61 bits per heavy atom. The maximum Gasteiger partial charge on any atom is 0.562 e. The molecule has 0 unspecified atom stereocenters. The Labute approximate surface area is 297 Å². The SMILES string of the molecule is CN(Cc1ccc2c(c1)c1cccc(N(C)C)c1c(B(O)O)[n+]2C)C(=O)CN1CCN(CC(=O)O)CCN(CC(=O)O)CCN(CC(=O)O)CC1. The van der Waals surface area contributed by atoms with Crippen LogP contribution in [0.2, 0.25) is 0 Å². The minimum absolute atomic E-state index is 0.0267. The van der Waals surface area contributed by atoms with Crippen molar-refractivity contribution in [1.82, 2.24) is 24.5 Å². The van der Waals surface area contributed by atoms with E-state index >= 15 is 0 Å². The highest BCUT2D eigenvalue weighted by atomic mass is 16.4. The number of fused-ring (bicyclic) bond motifs is 3. The van der Waals surface area contributed by atoms with Crippen molar-refractivity contribution in [2.45, 2.75) is 6.54 Å². The number of pyridine rings is 1. The lowest BCUT2D eigenvalue weighted by Crippen LogP contribution is -2.56. The molecule has 2 aromatic carbocycles. The first kappa shape index (κ1) is 39.4. The van der Waals surface area contributed by atoms with Crippen LogP contribution in [0.4, 0.5) is 5.69 Å². The zero-order chi connectivity index (χ0) is 37.4. The van der Waals surface area contributed by atoms with Crippen molar-refractivity contribution in [1.29, 1.82) is 0 Å². The molecule has 1 fully saturated rings. The molecule has 3 aromatic rings. The fraction of sp³-hybridized carbons (Fsp3) is 0.500. The molecule has 1 aliphatic rings. The van der Waals surface area contributed by atoms with Crippen LogP contribution in [0.5, 0.6) is 0 Å². The van der Waals surface area contributed by atoms with Gasteiger partial charge in [-0.3, -0.25) is 38.8 Å². The summed E-state index contributed by atoms with van der Waals surface area (Å²) < 4.78 is 1.77. The van der Waals surface area contributed by atoms with Gasteiger partial charge in [0.1, 0.15) is 7.05 Å². The highest BCUT2D eigenvalue weighted by Crippen LogP contribution is 2.29. The maximum absolute atomic E-state index is 13.7. The van der Waals surface area contributed by atoms with Crippen LogP contribution in [0, 0.1) is 0 Å². The number of hydrogen-bond acceptors (Lipinski definition) is 11. The van der Waals surface area contributed by atoms with Gasteiger partial charge in [-0.2, -0.15) is 0 Å². The first-order valence-corrected chi connectivity index (χ1v) is 16.8. The largest absolute Gasteiger partial charge is 0.562 e. The number of hydrogen-bond donors (Lipinski definition) is 5. The lowest BCUT2D eigenvalue weighted by molar-refractivity contribution is -0.626. The Morgan fingerprint density at radius 2 is 1.18 bits per heavy atom. The van der Waals surface area contributed by atoms with Gasteiger partial charge < -0.3 is 35.2 Å². The number of aromatic nitrogens is 1. The van der Waals surface area contributed by atoms with E-state index in [1.807, 2.05) is 60.3 Å². The molecule has 1 aromatic heterocycles. The van der Waals surface area contributed by atoms with E-state index in [-0.39, 0.29) is 32.1 Å². The second-order valence-electron chi connectivity index (χ2n) is 13.3. The molecular formula is C34H49BN7O9+. The van der Waals surface area contributed by atoms with Crippen molar-refractivity contribution in [2.75, 3.05) is 105 Å². The highest BCUT2D eigenvalue weighted by Gasteiger charge is 2.31. The monoisotopic (exact) mass is 710 g/mol. The molecule has 51 heavy (non-hydrogen) atoms. The van der Waals surface area contributed by atoms with Crippen molar-refractivity contribution < 1.29 is 49.1 Å². The average Bonchev–Trinajstić information content (AvgIpc) is 3.04. The van der Waals surface area contributed by atoms with Gasteiger partial charge in [0.05, 0.1) is 37.0 Å². The third kappa shape index (κ3) is 10.6. The molecule has 0 atom stereocenters. The van der Waals surface area contributed by atoms with Gasteiger partial charge in [0, 0.05) is 97.2 Å². The Hall–Kier alpha value is -4.39. The van der Waals surface area contributed by atoms with Crippen molar-refractivity contribution in [3.05, 3.63) is 42.0 Å². The van der Waals surface area contributed by atoms with Crippen LogP contribution in [0.15, 0.2) is 36.4 Å². The quantitative estimate of drug-likeness (QED) is 0.0788. The summed E-state index contributed by atoms with van der Waals surface area (Å²) in [6.07, 6.45) is 0. The van der Waals surface area contributed by atoms with Crippen LogP contribution in [0.3, 0.4) is 0 Å². The van der Waals surface area contributed by atoms with Crippen LogP contribution in [0.25, 0.3) is 21.7 Å². The number of likely N-dealkylation sites (N-methyl/N-ethyl adjacent to an activating group) is 1. The number of benzene rings is 2. The molecule has 0 radical (unpaired) electrons. The van der Waals surface area contributed by atoms with E-state index in [4.69, 9.17) is 0 Å². The van der Waals surface area contributed by atoms with E-state index in [1.165, 1.54) is 0 Å². The third-order valence-corrected chi connectivity index (χ3v) is 9.31. The number of carbonyl (C=O) groups is 4. The summed E-state index contributed by atoms with van der Waals surface area (Å²) >= 11 is 0. The Bertz CT molecular complexity index is 1710. The van der Waals surface area contributed by atoms with Gasteiger partial charge in [-0.15, -0.1) is 0 Å². The topological polar surface area (TPSA) is 193 Å². The molecule has 17 heteroatoms. The molecular weight excluding hydrogens is 661 g/mol. The standard InChI is InChI=1S/C34H48BN7O9/c1-36(2)28-7-5-6-25-26-18-24(8-9-27(26)38(4)34(33(25)28)35(50)51)19-37(3)29(43)20-39-10-12-40(21-30(44)45)14-16-42(23-32(48)49)17-15-41(13-11-39)22-31(46)47/h5-9,18,50-51H,10-17,19-23H2,1-4H3,(H2-,44,45,46,47,48,49)/p+1. The summed E-state index contributed by atoms with van der Waals surface area (Å²) in [5, 5.41) is 51.6. The second-order valence-corrected chi connectivity index (χ2v) is 13.3. The predicted molar refractivity (Wildman–Crippen MR) is 192 cm³/mol. The first-order chi connectivity index (χ1) is 24.1. The number of nitrogens with zero attached hydrogens (tertiary/aromatic N) is 7. The van der Waals surface area contributed by atoms with Crippen LogP contribution in [-0.2, 0) is 32.8 Å². The van der Waals surface area contributed by atoms with Crippen molar-refractivity contribution in [2.24, 2.45) is 7.05 Å². The molecule has 1 aliphatic heterocycles. The Kier molecular flexibility index (Phi) is 13.7. The van der Waals surface area contributed by atoms with E-state index in [2.05, 4.69) is 0 Å². The zero-order valence-electron chi connectivity index (χ0n) is 29.7. The van der Waals surface area contributed by atoms with E-state index < -0.39 is 25.0 Å². The molecule has 1 amide bonds. The van der Waals surface area contributed by atoms with E-state index in [9.17, 15) is 44.5 Å². The van der Waals surface area contributed by atoms with Crippen LogP contribution in [0.1, 0.15) is 5.56 Å². The fourth-order valence-electron chi connectivity index (χ4n) is 6.65. The van der Waals surface area contributed by atoms with Gasteiger partial charge in [-0.05, 0) is 17.7 Å². The van der Waals surface area contributed by atoms with Crippen molar-refractivity contribution in [3.63, 3.8) is 0 Å². The summed E-state index contributed by atoms with van der Waals surface area (Å²) in [7, 11) is 5.59. The minimum atomic E-state index is -1.70. The fourth-order valence-corrected chi connectivity index (χ4v) is 6.65. The van der Waals surface area contributed by atoms with Gasteiger partial charge in [-0.1, -0.05) is 18.2 Å². The molecule has 0 spiro atoms. The number of amides is 1. The lowest BCUT2D eigenvalue weighted by atomic mass is 9.80. The molecule has 0 aliphatic carbocycles. The van der Waals surface area contributed by atoms with E-state index in [0.717, 1.165) is 27.5 Å². The summed E-state index contributed by atoms with van der Waals surface area (Å²) in [6.45, 7) is 2.09. The molecule has 1 saturated heterocycles. The smallest absolute Gasteiger partial charge is 0.480 e. The highest BCUT2D eigenvalue weighted by molar-refractivity contribution is 6.60. The van der Waals surface area contributed by atoms with Crippen LogP contribution in [-0.4, -0.2) is 180 Å². The number of rotatable bonds is 12. The van der Waals surface area contributed by atoms with Gasteiger partial charge in [0.25, 0.3) is 0 Å². The molecule has 0 saturated carbocycles. The summed E-state index contributed by atoms with van der Waals surface area (Å²) in [4.78, 5) is 58.9. The molecule has 276 valence electrons. The van der Waals surface area contributed by atoms with Gasteiger partial charge in [-0.25, -0.2) is 4.57 Å². The van der Waals surface area contributed by atoms with Gasteiger partial charge in [0.15, 0.2) is 0 Å². The molecule has 0 bridgehead atoms. The van der Waals surface area contributed by atoms with Crippen molar-refractivity contribution >= 4 is 63.9 Å². The normalized spacial score (nSPS) is 16.0. The minimum Gasteiger partial charge on any atom is -0.480 e. The first-order valence-electron chi connectivity index (χ1n) is 16.8. The maximum atomic E-state index is 13.7. The third-order valence-electron chi connectivity index (χ3n) is 9.31. The lowest BCUT2D eigenvalue weighted by Gasteiger charge is -2.33. The average molecular weight is 711 g/mol. The summed E-state index contributed by atoms with van der Waals surface area (Å²) in [5.74, 6) is -3.22. The number of carboxylic acid groups (broad SMARTS) is 3. The second kappa shape index (κ2) is 17.7. The van der Waals surface area contributed by atoms with Crippen LogP contribution >= 0.6 is 0 Å². The van der Waals surface area contributed by atoms with Gasteiger partial charge >= 0.3 is 25.0 Å². The Morgan fingerprint density at radius 1 is 0.706 bits per heavy atom. The molecule has 2 heterocycles. The number of aryl methyl sites for hydroxylation is 1. The summed E-state index contributed by atoms with van der Waals surface area (Å²) in [6, 6.07) is 11.6. The number of carbonyl (C=O) groups excluding carboxylic acids is 1. The predicted octanol–water partition coefficient (Wildman–Crippen LogP) is -2.00. The van der Waals surface area contributed by atoms with E-state index in [1.54, 1.807) is 38.3 Å². The zero-order valence-corrected chi connectivity index (χ0v) is 29.7. The summed E-state index contributed by atoms with van der Waals surface area (Å²) in [5.41, 5.74) is 2.86. The van der Waals surface area contributed by atoms with Gasteiger partial charge in [0.2, 0.25) is 17.0 Å². The number of anilines is 1. The molecule has 4 rings (SSSR count). The number of aliphatic carboxylic acids is 3. The Balaban J connectivity index is 1.56. The number of carboxylic acids is 3. The van der Waals surface area contributed by atoms with E-state index in [0.29, 0.717) is 69.9 Å². The molecule has 16 nitrogen and oxygen atoms in total. The van der Waals surface area contributed by atoms with Crippen molar-refractivity contribution in [3.8, 4) is 0 Å². The van der Waals surface area contributed by atoms with Crippen LogP contribution < -0.4 is 15.1 Å².